The van der Waals surface area contributed by atoms with Gasteiger partial charge in [-0.2, -0.15) is 5.10 Å². The predicted molar refractivity (Wildman–Crippen MR) is 183 cm³/mol. The molecule has 0 atom stereocenters. The molecule has 0 bridgehead atoms. The second-order valence-electron chi connectivity index (χ2n) is 12.7. The van der Waals surface area contributed by atoms with Crippen molar-refractivity contribution >= 4 is 34.7 Å². The summed E-state index contributed by atoms with van der Waals surface area (Å²) >= 11 is 0. The summed E-state index contributed by atoms with van der Waals surface area (Å²) in [4.78, 5) is 42.6. The number of anilines is 2. The fraction of sp³-hybridized carbons (Fsp3) is 0.314. The number of hydrogen-bond donors (Lipinski definition) is 2. The number of pyridine rings is 1. The van der Waals surface area contributed by atoms with Crippen molar-refractivity contribution in [3.05, 3.63) is 83.6 Å². The lowest BCUT2D eigenvalue weighted by Crippen LogP contribution is -2.50. The first kappa shape index (κ1) is 33.1. The molecule has 1 aliphatic rings. The van der Waals surface area contributed by atoms with E-state index in [-0.39, 0.29) is 29.8 Å². The van der Waals surface area contributed by atoms with Crippen LogP contribution in [-0.4, -0.2) is 80.5 Å². The van der Waals surface area contributed by atoms with E-state index in [0.717, 1.165) is 28.6 Å². The van der Waals surface area contributed by atoms with Crippen molar-refractivity contribution in [3.63, 3.8) is 0 Å². The van der Waals surface area contributed by atoms with E-state index in [1.165, 1.54) is 25.6 Å². The molecule has 3 N–H and O–H groups in total. The number of ether oxygens (including phenoxy) is 2. The summed E-state index contributed by atoms with van der Waals surface area (Å²) in [6, 6.07) is 13.4. The van der Waals surface area contributed by atoms with Crippen LogP contribution in [0.1, 0.15) is 42.3 Å². The fourth-order valence-corrected chi connectivity index (χ4v) is 5.66. The molecule has 254 valence electrons. The van der Waals surface area contributed by atoms with Gasteiger partial charge in [-0.15, -0.1) is 0 Å². The van der Waals surface area contributed by atoms with E-state index in [9.17, 15) is 14.0 Å². The van der Waals surface area contributed by atoms with Crippen LogP contribution in [0.15, 0.2) is 61.1 Å². The van der Waals surface area contributed by atoms with Crippen LogP contribution in [0.3, 0.4) is 0 Å². The fourth-order valence-electron chi connectivity index (χ4n) is 5.66. The number of nitrogen functional groups attached to an aromatic ring is 1. The molecule has 14 heteroatoms. The first-order chi connectivity index (χ1) is 23.4. The minimum atomic E-state index is -0.541. The number of fused-ring (bicyclic) bond motifs is 1. The van der Waals surface area contributed by atoms with Gasteiger partial charge >= 0.3 is 6.09 Å². The van der Waals surface area contributed by atoms with Gasteiger partial charge in [-0.3, -0.25) is 4.79 Å². The summed E-state index contributed by atoms with van der Waals surface area (Å²) in [7, 11) is 1.43. The van der Waals surface area contributed by atoms with Crippen LogP contribution in [0, 0.1) is 12.7 Å². The van der Waals surface area contributed by atoms with Crippen LogP contribution in [0.4, 0.5) is 20.8 Å². The van der Waals surface area contributed by atoms with Crippen molar-refractivity contribution in [2.24, 2.45) is 0 Å². The Labute approximate surface area is 282 Å². The molecule has 0 spiro atoms. The molecule has 13 nitrogen and oxygen atoms in total. The molecule has 2 amide bonds. The number of nitrogens with zero attached hydrogens (tertiary/aromatic N) is 7. The summed E-state index contributed by atoms with van der Waals surface area (Å²) in [6.07, 6.45) is 2.82. The number of benzene rings is 2. The number of aromatic nitrogens is 5. The van der Waals surface area contributed by atoms with E-state index in [1.54, 1.807) is 15.8 Å². The molecule has 1 fully saturated rings. The highest BCUT2D eigenvalue weighted by Gasteiger charge is 2.27. The Bertz CT molecular complexity index is 2020. The Balaban J connectivity index is 1.20. The molecule has 49 heavy (non-hydrogen) atoms. The van der Waals surface area contributed by atoms with Crippen LogP contribution in [0.5, 0.6) is 5.75 Å². The summed E-state index contributed by atoms with van der Waals surface area (Å²) < 4.78 is 26.2. The van der Waals surface area contributed by atoms with Crippen molar-refractivity contribution in [2.45, 2.75) is 39.8 Å². The molecule has 0 saturated carbocycles. The van der Waals surface area contributed by atoms with Gasteiger partial charge in [-0.25, -0.2) is 28.8 Å². The molecule has 0 unspecified atom stereocenters. The topological polar surface area (TPSA) is 154 Å². The number of hydrogen-bond acceptors (Lipinski definition) is 10. The highest BCUT2D eigenvalue weighted by Crippen LogP contribution is 2.33. The third-order valence-electron chi connectivity index (χ3n) is 8.19. The number of aryl methyl sites for hydroxylation is 1. The van der Waals surface area contributed by atoms with Gasteiger partial charge in [0, 0.05) is 38.3 Å². The number of amides is 2. The zero-order chi connectivity index (χ0) is 34.9. The summed E-state index contributed by atoms with van der Waals surface area (Å²) in [5.74, 6) is 0.390. The first-order valence-corrected chi connectivity index (χ1v) is 15.8. The van der Waals surface area contributed by atoms with Gasteiger partial charge in [-0.05, 0) is 75.2 Å². The van der Waals surface area contributed by atoms with E-state index >= 15 is 0 Å². The standard InChI is InChI=1S/C35H38FN9O4/c1-21-16-22(6-7-23(21)18-39-33(46)26-17-24(36)8-10-27(26)48-5)30-29-31(37)40-20-41-32(29)45(42-30)25-9-11-28(38-19-25)43-12-14-44(15-13-43)34(47)49-35(2,3)4/h6-11,16-17,19-20H,12-15,18H2,1-5H3,(H,39,46)(H2,37,40,41). The van der Waals surface area contributed by atoms with E-state index in [1.807, 2.05) is 58.0 Å². The smallest absolute Gasteiger partial charge is 0.410 e. The molecule has 2 aromatic carbocycles. The Morgan fingerprint density at radius 2 is 1.78 bits per heavy atom. The van der Waals surface area contributed by atoms with Crippen molar-refractivity contribution in [2.75, 3.05) is 43.9 Å². The lowest BCUT2D eigenvalue weighted by atomic mass is 10.0. The highest BCUT2D eigenvalue weighted by atomic mass is 19.1. The molecule has 5 aromatic rings. The summed E-state index contributed by atoms with van der Waals surface area (Å²) in [5.41, 5.74) is 10.3. The molecule has 6 rings (SSSR count). The average molecular weight is 668 g/mol. The molecule has 1 aliphatic heterocycles. The van der Waals surface area contributed by atoms with Crippen LogP contribution in [-0.2, 0) is 11.3 Å². The first-order valence-electron chi connectivity index (χ1n) is 15.8. The van der Waals surface area contributed by atoms with Gasteiger partial charge in [0.1, 0.15) is 40.8 Å². The second-order valence-corrected chi connectivity index (χ2v) is 12.7. The maximum absolute atomic E-state index is 13.8. The van der Waals surface area contributed by atoms with Crippen LogP contribution < -0.4 is 20.7 Å². The minimum absolute atomic E-state index is 0.118. The molecular weight excluding hydrogens is 629 g/mol. The minimum Gasteiger partial charge on any atom is -0.496 e. The third-order valence-corrected chi connectivity index (χ3v) is 8.19. The van der Waals surface area contributed by atoms with Gasteiger partial charge in [0.2, 0.25) is 0 Å². The highest BCUT2D eigenvalue weighted by molar-refractivity contribution is 5.99. The van der Waals surface area contributed by atoms with E-state index in [2.05, 4.69) is 20.2 Å². The molecule has 3 aromatic heterocycles. The summed E-state index contributed by atoms with van der Waals surface area (Å²) in [6.45, 7) is 10.1. The number of halogens is 1. The largest absolute Gasteiger partial charge is 0.496 e. The van der Waals surface area contributed by atoms with Crippen molar-refractivity contribution in [1.82, 2.24) is 34.9 Å². The molecule has 4 heterocycles. The van der Waals surface area contributed by atoms with Gasteiger partial charge in [0.25, 0.3) is 5.91 Å². The molecular formula is C35H38FN9O4. The lowest BCUT2D eigenvalue weighted by molar-refractivity contribution is 0.0240. The van der Waals surface area contributed by atoms with E-state index < -0.39 is 17.3 Å². The maximum Gasteiger partial charge on any atom is 0.410 e. The van der Waals surface area contributed by atoms with Gasteiger partial charge < -0.3 is 30.3 Å². The lowest BCUT2D eigenvalue weighted by Gasteiger charge is -2.36. The number of nitrogens with two attached hydrogens (primary N) is 1. The maximum atomic E-state index is 13.8. The van der Waals surface area contributed by atoms with Gasteiger partial charge in [-0.1, -0.05) is 12.1 Å². The quantitative estimate of drug-likeness (QED) is 0.245. The average Bonchev–Trinajstić information content (AvgIpc) is 3.48. The number of piperazine rings is 1. The Kier molecular flexibility index (Phi) is 9.04. The van der Waals surface area contributed by atoms with Crippen LogP contribution >= 0.6 is 0 Å². The van der Waals surface area contributed by atoms with Gasteiger partial charge in [0.15, 0.2) is 5.65 Å². The zero-order valence-electron chi connectivity index (χ0n) is 28.0. The number of carbonyl (C=O) groups is 2. The zero-order valence-corrected chi connectivity index (χ0v) is 28.0. The summed E-state index contributed by atoms with van der Waals surface area (Å²) in [5, 5.41) is 8.35. The van der Waals surface area contributed by atoms with Gasteiger partial charge in [0.05, 0.1) is 29.9 Å². The van der Waals surface area contributed by atoms with Crippen molar-refractivity contribution in [3.8, 4) is 22.7 Å². The Hall–Kier alpha value is -5.79. The SMILES string of the molecule is COc1ccc(F)cc1C(=O)NCc1ccc(-c2nn(-c3ccc(N4CCN(C(=O)OC(C)(C)C)CC4)nc3)c3ncnc(N)c23)cc1C. The number of nitrogens with one attached hydrogen (secondary N) is 1. The van der Waals surface area contributed by atoms with Crippen LogP contribution in [0.25, 0.3) is 28.0 Å². The number of methoxy groups -OCH3 is 1. The second kappa shape index (κ2) is 13.4. The van der Waals surface area contributed by atoms with Crippen molar-refractivity contribution in [1.29, 1.82) is 0 Å². The normalized spacial score (nSPS) is 13.4. The monoisotopic (exact) mass is 667 g/mol. The van der Waals surface area contributed by atoms with E-state index in [0.29, 0.717) is 48.6 Å². The van der Waals surface area contributed by atoms with Crippen molar-refractivity contribution < 1.29 is 23.5 Å². The number of rotatable bonds is 7. The Morgan fingerprint density at radius 3 is 2.45 bits per heavy atom. The molecule has 0 aliphatic carbocycles. The molecule has 0 radical (unpaired) electrons. The Morgan fingerprint density at radius 1 is 1.00 bits per heavy atom. The predicted octanol–water partition coefficient (Wildman–Crippen LogP) is 4.90. The van der Waals surface area contributed by atoms with E-state index in [4.69, 9.17) is 25.3 Å². The third kappa shape index (κ3) is 7.08. The molecule has 1 saturated heterocycles. The number of carbonyl (C=O) groups excluding carboxylic acids is 2. The van der Waals surface area contributed by atoms with Crippen LogP contribution in [0.2, 0.25) is 0 Å².